The number of dihydropyridines is 2. The van der Waals surface area contributed by atoms with Crippen molar-refractivity contribution in [3.05, 3.63) is 179 Å². The van der Waals surface area contributed by atoms with E-state index in [1.165, 1.54) is 5.57 Å². The van der Waals surface area contributed by atoms with E-state index in [0.29, 0.717) is 5.84 Å². The summed E-state index contributed by atoms with van der Waals surface area (Å²) in [4.78, 5) is 19.7. The molecule has 256 valence electrons. The average Bonchev–Trinajstić information content (AvgIpc) is 3.19. The normalized spacial score (nSPS) is 18.1. The standard InChI is InChI=1S/C45H41N7/c1-28-10-14-33(24-46-28)37-18-38(34-15-11-29(2)47-25-34)21-41(20-37)44-50-43(32-8-6-5-7-9-32)51-45(52-44)42-22-39(35-16-12-30(3)48-26-35)19-40(23-42)36-17-13-31(4)49-27-36/h5-26,28,45-46,49H,27H2,1-4H3,(H,50,51,52). The Labute approximate surface area is 305 Å². The third kappa shape index (κ3) is 7.12. The first-order chi connectivity index (χ1) is 25.3. The van der Waals surface area contributed by atoms with E-state index < -0.39 is 6.17 Å². The zero-order valence-electron chi connectivity index (χ0n) is 29.9. The van der Waals surface area contributed by atoms with E-state index in [2.05, 4.69) is 143 Å². The van der Waals surface area contributed by atoms with Gasteiger partial charge in [0.15, 0.2) is 5.84 Å². The van der Waals surface area contributed by atoms with E-state index in [-0.39, 0.29) is 6.04 Å². The molecule has 2 aromatic heterocycles. The van der Waals surface area contributed by atoms with Crippen LogP contribution in [0.2, 0.25) is 0 Å². The first-order valence-electron chi connectivity index (χ1n) is 17.8. The summed E-state index contributed by atoms with van der Waals surface area (Å²) in [7, 11) is 0. The van der Waals surface area contributed by atoms with Gasteiger partial charge in [0.1, 0.15) is 12.0 Å². The molecular formula is C45H41N7. The van der Waals surface area contributed by atoms with Gasteiger partial charge in [-0.1, -0.05) is 60.7 Å². The van der Waals surface area contributed by atoms with Gasteiger partial charge in [-0.05, 0) is 121 Å². The number of benzene rings is 3. The number of nitrogens with zero attached hydrogens (tertiary/aromatic N) is 4. The highest BCUT2D eigenvalue weighted by Crippen LogP contribution is 2.33. The monoisotopic (exact) mass is 679 g/mol. The summed E-state index contributed by atoms with van der Waals surface area (Å²) in [6, 6.07) is 32.3. The molecule has 2 unspecified atom stereocenters. The highest BCUT2D eigenvalue weighted by molar-refractivity contribution is 6.13. The largest absolute Gasteiger partial charge is 0.384 e. The molecule has 0 amide bonds. The molecule has 0 aliphatic carbocycles. The predicted octanol–water partition coefficient (Wildman–Crippen LogP) is 8.70. The summed E-state index contributed by atoms with van der Waals surface area (Å²) in [5.74, 6) is 1.43. The van der Waals surface area contributed by atoms with Crippen LogP contribution in [0.25, 0.3) is 33.4 Å². The molecule has 3 aliphatic heterocycles. The molecule has 8 rings (SSSR count). The van der Waals surface area contributed by atoms with Gasteiger partial charge in [-0.2, -0.15) is 0 Å². The van der Waals surface area contributed by atoms with Crippen molar-refractivity contribution < 1.29 is 0 Å². The molecule has 52 heavy (non-hydrogen) atoms. The van der Waals surface area contributed by atoms with Crippen molar-refractivity contribution in [2.45, 2.75) is 39.9 Å². The second-order valence-corrected chi connectivity index (χ2v) is 13.7. The Bertz CT molecular complexity index is 2330. The molecule has 0 fully saturated rings. The van der Waals surface area contributed by atoms with Crippen molar-refractivity contribution in [2.75, 3.05) is 6.54 Å². The van der Waals surface area contributed by atoms with Crippen LogP contribution in [0.5, 0.6) is 0 Å². The van der Waals surface area contributed by atoms with E-state index >= 15 is 0 Å². The van der Waals surface area contributed by atoms with Crippen LogP contribution in [0.3, 0.4) is 0 Å². The molecule has 2 atom stereocenters. The van der Waals surface area contributed by atoms with Crippen LogP contribution in [0.1, 0.15) is 59.2 Å². The van der Waals surface area contributed by atoms with E-state index in [4.69, 9.17) is 9.98 Å². The number of hydrogen-bond donors (Lipinski definition) is 3. The highest BCUT2D eigenvalue weighted by atomic mass is 15.2. The molecule has 0 bridgehead atoms. The summed E-state index contributed by atoms with van der Waals surface area (Å²) in [5.41, 5.74) is 14.9. The van der Waals surface area contributed by atoms with Gasteiger partial charge in [0.25, 0.3) is 0 Å². The molecule has 7 heteroatoms. The molecule has 0 saturated carbocycles. The highest BCUT2D eigenvalue weighted by Gasteiger charge is 2.24. The van der Waals surface area contributed by atoms with Crippen molar-refractivity contribution >= 4 is 22.8 Å². The second-order valence-electron chi connectivity index (χ2n) is 13.7. The molecule has 0 spiro atoms. The Kier molecular flexibility index (Phi) is 8.91. The molecule has 0 saturated heterocycles. The smallest absolute Gasteiger partial charge is 0.159 e. The minimum atomic E-state index is -0.404. The molecule has 3 N–H and O–H groups in total. The molecule has 3 aliphatic rings. The van der Waals surface area contributed by atoms with Crippen LogP contribution in [0, 0.1) is 13.8 Å². The van der Waals surface area contributed by atoms with Crippen LogP contribution in [0.4, 0.5) is 0 Å². The lowest BCUT2D eigenvalue weighted by molar-refractivity contribution is 0.674. The van der Waals surface area contributed by atoms with Gasteiger partial charge >= 0.3 is 0 Å². The van der Waals surface area contributed by atoms with Gasteiger partial charge < -0.3 is 16.0 Å². The van der Waals surface area contributed by atoms with Crippen molar-refractivity contribution in [1.29, 1.82) is 0 Å². The first kappa shape index (κ1) is 32.8. The van der Waals surface area contributed by atoms with Gasteiger partial charge in [0, 0.05) is 70.5 Å². The number of allylic oxidation sites excluding steroid dienone is 5. The number of aryl methyl sites for hydroxylation is 2. The quantitative estimate of drug-likeness (QED) is 0.160. The number of amidine groups is 2. The predicted molar refractivity (Wildman–Crippen MR) is 214 cm³/mol. The maximum atomic E-state index is 5.27. The summed E-state index contributed by atoms with van der Waals surface area (Å²) in [5, 5.41) is 10.7. The van der Waals surface area contributed by atoms with Crippen LogP contribution in [-0.4, -0.2) is 34.2 Å². The van der Waals surface area contributed by atoms with Gasteiger partial charge in [-0.3, -0.25) is 9.97 Å². The fourth-order valence-electron chi connectivity index (χ4n) is 6.55. The maximum Gasteiger partial charge on any atom is 0.159 e. The van der Waals surface area contributed by atoms with Gasteiger partial charge in [-0.15, -0.1) is 0 Å². The molecular weight excluding hydrogens is 639 g/mol. The summed E-state index contributed by atoms with van der Waals surface area (Å²) in [6.07, 6.45) is 14.3. The third-order valence-corrected chi connectivity index (χ3v) is 9.60. The Morgan fingerprint density at radius 3 is 1.98 bits per heavy atom. The van der Waals surface area contributed by atoms with E-state index in [1.54, 1.807) is 0 Å². The second kappa shape index (κ2) is 14.1. The van der Waals surface area contributed by atoms with Crippen molar-refractivity contribution in [3.63, 3.8) is 0 Å². The maximum absolute atomic E-state index is 5.27. The SMILES string of the molecule is CC1=CC=C(c2cc(-c3ccc(C)nc3)cc(C3N=C(c4ccccc4)N=C(c4cc(C5=CNC(C)C=C5)cc(-c5ccc(C)nc5)c4)N3)c2)CN1. The van der Waals surface area contributed by atoms with Gasteiger partial charge in [-0.25, -0.2) is 9.98 Å². The van der Waals surface area contributed by atoms with Gasteiger partial charge in [0.2, 0.25) is 0 Å². The minimum Gasteiger partial charge on any atom is -0.384 e. The third-order valence-electron chi connectivity index (χ3n) is 9.60. The summed E-state index contributed by atoms with van der Waals surface area (Å²) < 4.78 is 0. The van der Waals surface area contributed by atoms with Crippen molar-refractivity contribution in [1.82, 2.24) is 25.9 Å². The van der Waals surface area contributed by atoms with Crippen molar-refractivity contribution in [2.24, 2.45) is 9.98 Å². The molecule has 3 aromatic carbocycles. The van der Waals surface area contributed by atoms with E-state index in [0.717, 1.165) is 85.1 Å². The van der Waals surface area contributed by atoms with Crippen LogP contribution >= 0.6 is 0 Å². The Balaban J connectivity index is 1.27. The number of aliphatic imine (C=N–C) groups is 2. The number of nitrogens with one attached hydrogen (secondary N) is 3. The lowest BCUT2D eigenvalue weighted by atomic mass is 9.93. The summed E-state index contributed by atoms with van der Waals surface area (Å²) >= 11 is 0. The van der Waals surface area contributed by atoms with Crippen LogP contribution in [0.15, 0.2) is 150 Å². The molecule has 5 heterocycles. The fourth-order valence-corrected chi connectivity index (χ4v) is 6.55. The summed E-state index contributed by atoms with van der Waals surface area (Å²) in [6.45, 7) is 9.01. The number of rotatable bonds is 7. The number of pyridine rings is 2. The minimum absolute atomic E-state index is 0.277. The van der Waals surface area contributed by atoms with E-state index in [1.807, 2.05) is 44.4 Å². The lowest BCUT2D eigenvalue weighted by Gasteiger charge is -2.26. The lowest BCUT2D eigenvalue weighted by Crippen LogP contribution is -2.33. The zero-order chi connectivity index (χ0) is 35.6. The first-order valence-corrected chi connectivity index (χ1v) is 17.8. The van der Waals surface area contributed by atoms with Crippen molar-refractivity contribution in [3.8, 4) is 22.3 Å². The fraction of sp³-hybridized carbons (Fsp3) is 0.156. The molecule has 7 nitrogen and oxygen atoms in total. The molecule has 0 radical (unpaired) electrons. The molecule has 5 aromatic rings. The van der Waals surface area contributed by atoms with E-state index in [9.17, 15) is 0 Å². The Hall–Kier alpha value is -6.34. The Morgan fingerprint density at radius 2 is 1.33 bits per heavy atom. The average molecular weight is 680 g/mol. The van der Waals surface area contributed by atoms with Crippen LogP contribution < -0.4 is 16.0 Å². The van der Waals surface area contributed by atoms with Gasteiger partial charge in [0.05, 0.1) is 0 Å². The number of aromatic nitrogens is 2. The number of hydrogen-bond acceptors (Lipinski definition) is 7. The zero-order valence-corrected chi connectivity index (χ0v) is 29.9. The topological polar surface area (TPSA) is 86.6 Å². The van der Waals surface area contributed by atoms with Crippen LogP contribution in [-0.2, 0) is 0 Å². The Morgan fingerprint density at radius 1 is 0.654 bits per heavy atom.